The quantitative estimate of drug-likeness (QED) is 0.414. The van der Waals surface area contributed by atoms with Gasteiger partial charge in [0.25, 0.3) is 5.91 Å². The van der Waals surface area contributed by atoms with Gasteiger partial charge in [-0.2, -0.15) is 13.2 Å². The fourth-order valence-corrected chi connectivity index (χ4v) is 4.92. The first-order chi connectivity index (χ1) is 13.5. The number of rotatable bonds is 3. The number of aliphatic hydroxyl groups is 1. The van der Waals surface area contributed by atoms with E-state index in [0.717, 1.165) is 36.3 Å². The molecular formula is C20H15ClF4INO2. The van der Waals surface area contributed by atoms with Crippen LogP contribution in [0.5, 0.6) is 0 Å². The van der Waals surface area contributed by atoms with E-state index in [1.165, 1.54) is 18.2 Å². The first-order valence-electron chi connectivity index (χ1n) is 8.95. The van der Waals surface area contributed by atoms with Gasteiger partial charge < -0.3 is 10.0 Å². The zero-order valence-corrected chi connectivity index (χ0v) is 17.8. The fraction of sp³-hybridized carbons (Fsp3) is 0.350. The molecule has 3 nitrogen and oxygen atoms in total. The number of anilines is 1. The molecule has 1 fully saturated rings. The predicted molar refractivity (Wildman–Crippen MR) is 108 cm³/mol. The Morgan fingerprint density at radius 1 is 1.24 bits per heavy atom. The molecule has 1 aliphatic carbocycles. The minimum atomic E-state index is -4.86. The minimum Gasteiger partial charge on any atom is -0.372 e. The summed E-state index contributed by atoms with van der Waals surface area (Å²) in [5, 5.41) is 11.1. The van der Waals surface area contributed by atoms with Crippen LogP contribution in [0.4, 0.5) is 23.2 Å². The Bertz CT molecular complexity index is 988. The molecule has 154 valence electrons. The Morgan fingerprint density at radius 3 is 2.48 bits per heavy atom. The van der Waals surface area contributed by atoms with Gasteiger partial charge in [-0.25, -0.2) is 4.39 Å². The van der Waals surface area contributed by atoms with Crippen LogP contribution >= 0.6 is 34.2 Å². The van der Waals surface area contributed by atoms with E-state index >= 15 is 0 Å². The van der Waals surface area contributed by atoms with E-state index < -0.39 is 40.2 Å². The van der Waals surface area contributed by atoms with Crippen LogP contribution in [0, 0.1) is 15.3 Å². The summed E-state index contributed by atoms with van der Waals surface area (Å²) in [5.74, 6) is -1.94. The van der Waals surface area contributed by atoms with Gasteiger partial charge >= 0.3 is 6.18 Å². The number of nitrogens with zero attached hydrogens (tertiary/aromatic N) is 1. The van der Waals surface area contributed by atoms with Crippen LogP contribution in [-0.4, -0.2) is 17.6 Å². The van der Waals surface area contributed by atoms with Crippen molar-refractivity contribution in [2.45, 2.75) is 31.0 Å². The van der Waals surface area contributed by atoms with Crippen LogP contribution in [0.15, 0.2) is 30.3 Å². The average Bonchev–Trinajstić information content (AvgIpc) is 2.78. The van der Waals surface area contributed by atoms with E-state index in [2.05, 4.69) is 0 Å². The van der Waals surface area contributed by atoms with Gasteiger partial charge in [0.15, 0.2) is 0 Å². The molecule has 1 atom stereocenters. The topological polar surface area (TPSA) is 40.5 Å². The van der Waals surface area contributed by atoms with Crippen molar-refractivity contribution >= 4 is 45.8 Å². The number of carbonyl (C=O) groups excluding carboxylic acids is 1. The third-order valence-electron chi connectivity index (χ3n) is 5.59. The Labute approximate surface area is 182 Å². The Balaban J connectivity index is 2.03. The molecule has 1 aliphatic heterocycles. The van der Waals surface area contributed by atoms with E-state index in [1.54, 1.807) is 22.6 Å². The number of alkyl halides is 3. The zero-order chi connectivity index (χ0) is 21.1. The van der Waals surface area contributed by atoms with Gasteiger partial charge in [0.1, 0.15) is 5.82 Å². The number of carbonyl (C=O) groups is 1. The van der Waals surface area contributed by atoms with Crippen LogP contribution < -0.4 is 4.90 Å². The minimum absolute atomic E-state index is 0.0528. The molecule has 1 saturated carbocycles. The third kappa shape index (κ3) is 3.23. The number of hydrogen-bond acceptors (Lipinski definition) is 2. The fourth-order valence-electron chi connectivity index (χ4n) is 4.01. The molecule has 2 aliphatic rings. The standard InChI is InChI=1S/C20H15ClF4INO2/c21-13-5-2-6-14(22)17(13)19(29)16-12(20(23,24)25)7-11(26)8-15(16)27(18(19)28)9-10-3-1-4-10/h2,5-8,10,29H,1,3-4,9H2/t19-/m0/s1. The van der Waals surface area contributed by atoms with Crippen molar-refractivity contribution in [3.05, 3.63) is 61.4 Å². The van der Waals surface area contributed by atoms with Crippen molar-refractivity contribution in [3.63, 3.8) is 0 Å². The summed E-state index contributed by atoms with van der Waals surface area (Å²) in [6.45, 7) is 0.164. The van der Waals surface area contributed by atoms with E-state index in [4.69, 9.17) is 11.6 Å². The molecule has 0 unspecified atom stereocenters. The number of amides is 1. The van der Waals surface area contributed by atoms with Gasteiger partial charge in [0.05, 0.1) is 21.8 Å². The van der Waals surface area contributed by atoms with Crippen molar-refractivity contribution in [2.75, 3.05) is 11.4 Å². The molecule has 29 heavy (non-hydrogen) atoms. The third-order valence-corrected chi connectivity index (χ3v) is 6.52. The van der Waals surface area contributed by atoms with Crippen molar-refractivity contribution in [1.29, 1.82) is 0 Å². The van der Waals surface area contributed by atoms with E-state index in [0.29, 0.717) is 0 Å². The lowest BCUT2D eigenvalue weighted by Crippen LogP contribution is -2.44. The molecule has 0 radical (unpaired) electrons. The first-order valence-corrected chi connectivity index (χ1v) is 10.4. The highest BCUT2D eigenvalue weighted by molar-refractivity contribution is 14.1. The van der Waals surface area contributed by atoms with Gasteiger partial charge in [-0.15, -0.1) is 0 Å². The van der Waals surface area contributed by atoms with E-state index in [1.807, 2.05) is 0 Å². The first kappa shape index (κ1) is 20.9. The predicted octanol–water partition coefficient (Wildman–Crippen LogP) is 5.49. The average molecular weight is 540 g/mol. The molecule has 1 amide bonds. The molecule has 1 N–H and O–H groups in total. The molecule has 0 saturated heterocycles. The smallest absolute Gasteiger partial charge is 0.372 e. The summed E-state index contributed by atoms with van der Waals surface area (Å²) in [4.78, 5) is 14.5. The summed E-state index contributed by atoms with van der Waals surface area (Å²) in [5.41, 5.74) is -5.41. The summed E-state index contributed by atoms with van der Waals surface area (Å²) < 4.78 is 56.7. The van der Waals surface area contributed by atoms with Gasteiger partial charge in [0, 0.05) is 15.7 Å². The maximum absolute atomic E-state index is 14.7. The monoisotopic (exact) mass is 539 g/mol. The van der Waals surface area contributed by atoms with Gasteiger partial charge in [-0.3, -0.25) is 4.79 Å². The second-order valence-corrected chi connectivity index (χ2v) is 9.02. The summed E-state index contributed by atoms with van der Waals surface area (Å²) in [6.07, 6.45) is -2.20. The second-order valence-electron chi connectivity index (χ2n) is 7.36. The largest absolute Gasteiger partial charge is 0.416 e. The molecule has 0 bridgehead atoms. The Kier molecular flexibility index (Phi) is 5.10. The highest BCUT2D eigenvalue weighted by Crippen LogP contribution is 2.53. The lowest BCUT2D eigenvalue weighted by molar-refractivity contribution is -0.142. The molecule has 9 heteroatoms. The van der Waals surface area contributed by atoms with Crippen molar-refractivity contribution in [3.8, 4) is 0 Å². The van der Waals surface area contributed by atoms with E-state index in [9.17, 15) is 27.5 Å². The molecule has 2 aromatic rings. The Hall–Kier alpha value is -1.39. The molecule has 4 rings (SSSR count). The maximum Gasteiger partial charge on any atom is 0.416 e. The molecular weight excluding hydrogens is 525 g/mol. The van der Waals surface area contributed by atoms with Crippen molar-refractivity contribution < 1.29 is 27.5 Å². The highest BCUT2D eigenvalue weighted by atomic mass is 127. The SMILES string of the molecule is O=C1N(CC2CCC2)c2cc(I)cc(C(F)(F)F)c2[C@]1(O)c1c(F)cccc1Cl. The van der Waals surface area contributed by atoms with Gasteiger partial charge in [0.2, 0.25) is 5.60 Å². The zero-order valence-electron chi connectivity index (χ0n) is 14.9. The van der Waals surface area contributed by atoms with Gasteiger partial charge in [-0.05, 0) is 65.6 Å². The van der Waals surface area contributed by atoms with Crippen LogP contribution in [0.2, 0.25) is 5.02 Å². The molecule has 0 spiro atoms. The van der Waals surface area contributed by atoms with Crippen molar-refractivity contribution in [2.24, 2.45) is 5.92 Å². The van der Waals surface area contributed by atoms with Crippen LogP contribution in [0.1, 0.15) is 36.0 Å². The molecule has 1 heterocycles. The van der Waals surface area contributed by atoms with Crippen LogP contribution in [-0.2, 0) is 16.6 Å². The van der Waals surface area contributed by atoms with Crippen LogP contribution in [0.3, 0.4) is 0 Å². The lowest BCUT2D eigenvalue weighted by atomic mass is 9.84. The highest BCUT2D eigenvalue weighted by Gasteiger charge is 2.57. The normalized spacial score (nSPS) is 22.0. The summed E-state index contributed by atoms with van der Waals surface area (Å²) in [6, 6.07) is 5.71. The lowest BCUT2D eigenvalue weighted by Gasteiger charge is -2.31. The summed E-state index contributed by atoms with van der Waals surface area (Å²) >= 11 is 7.80. The number of benzene rings is 2. The second kappa shape index (κ2) is 7.09. The van der Waals surface area contributed by atoms with E-state index in [-0.39, 0.29) is 26.7 Å². The number of halogens is 6. The van der Waals surface area contributed by atoms with Gasteiger partial charge in [-0.1, -0.05) is 24.1 Å². The Morgan fingerprint density at radius 2 is 1.93 bits per heavy atom. The molecule has 2 aromatic carbocycles. The number of hydrogen-bond donors (Lipinski definition) is 1. The number of fused-ring (bicyclic) bond motifs is 1. The van der Waals surface area contributed by atoms with Crippen molar-refractivity contribution in [1.82, 2.24) is 0 Å². The summed E-state index contributed by atoms with van der Waals surface area (Å²) in [7, 11) is 0. The maximum atomic E-state index is 14.7. The van der Waals surface area contributed by atoms with Crippen LogP contribution in [0.25, 0.3) is 0 Å². The molecule has 0 aromatic heterocycles.